The van der Waals surface area contributed by atoms with E-state index in [4.69, 9.17) is 9.47 Å². The highest BCUT2D eigenvalue weighted by atomic mass is 16.5. The second kappa shape index (κ2) is 9.04. The minimum Gasteiger partial charge on any atom is -0.481 e. The number of fused-ring (bicyclic) bond motifs is 1. The Morgan fingerprint density at radius 3 is 2.03 bits per heavy atom. The van der Waals surface area contributed by atoms with Crippen molar-refractivity contribution in [1.29, 1.82) is 0 Å². The van der Waals surface area contributed by atoms with Crippen molar-refractivity contribution >= 4 is 22.7 Å². The van der Waals surface area contributed by atoms with Crippen molar-refractivity contribution in [2.75, 3.05) is 24.9 Å². The molecule has 30 heavy (non-hydrogen) atoms. The number of hydrogen-bond donors (Lipinski definition) is 2. The van der Waals surface area contributed by atoms with Gasteiger partial charge in [-0.1, -0.05) is 24.3 Å². The molecule has 0 fully saturated rings. The van der Waals surface area contributed by atoms with Gasteiger partial charge in [0.25, 0.3) is 0 Å². The van der Waals surface area contributed by atoms with Gasteiger partial charge in [0.05, 0.1) is 19.7 Å². The molecule has 0 radical (unpaired) electrons. The SMILES string of the molecule is COc1ncccc1CNc1nc(NCc2cccnc2OC)c2ccccc2n1. The van der Waals surface area contributed by atoms with Crippen LogP contribution in [0, 0.1) is 0 Å². The Balaban J connectivity index is 1.59. The lowest BCUT2D eigenvalue weighted by Gasteiger charge is -2.13. The number of benzene rings is 1. The maximum absolute atomic E-state index is 5.34. The van der Waals surface area contributed by atoms with Crippen molar-refractivity contribution in [2.24, 2.45) is 0 Å². The highest BCUT2D eigenvalue weighted by Gasteiger charge is 2.10. The van der Waals surface area contributed by atoms with Crippen molar-refractivity contribution in [3.8, 4) is 11.8 Å². The maximum Gasteiger partial charge on any atom is 0.225 e. The van der Waals surface area contributed by atoms with Crippen LogP contribution in [0.4, 0.5) is 11.8 Å². The summed E-state index contributed by atoms with van der Waals surface area (Å²) < 4.78 is 10.7. The summed E-state index contributed by atoms with van der Waals surface area (Å²) in [4.78, 5) is 17.8. The van der Waals surface area contributed by atoms with Gasteiger partial charge in [-0.15, -0.1) is 0 Å². The fraction of sp³-hybridized carbons (Fsp3) is 0.182. The van der Waals surface area contributed by atoms with Crippen LogP contribution in [0.2, 0.25) is 0 Å². The van der Waals surface area contributed by atoms with Crippen molar-refractivity contribution in [3.05, 3.63) is 72.1 Å². The zero-order chi connectivity index (χ0) is 20.8. The Hall–Kier alpha value is -3.94. The van der Waals surface area contributed by atoms with Crippen LogP contribution in [-0.2, 0) is 13.1 Å². The molecule has 152 valence electrons. The lowest BCUT2D eigenvalue weighted by molar-refractivity contribution is 0.393. The van der Waals surface area contributed by atoms with E-state index in [-0.39, 0.29) is 0 Å². The van der Waals surface area contributed by atoms with Gasteiger partial charge < -0.3 is 20.1 Å². The molecule has 0 spiro atoms. The van der Waals surface area contributed by atoms with Crippen LogP contribution in [-0.4, -0.2) is 34.2 Å². The Bertz CT molecular complexity index is 1150. The van der Waals surface area contributed by atoms with Crippen molar-refractivity contribution in [2.45, 2.75) is 13.1 Å². The molecule has 0 bridgehead atoms. The first-order chi connectivity index (χ1) is 14.8. The number of ether oxygens (including phenoxy) is 2. The maximum atomic E-state index is 5.34. The Morgan fingerprint density at radius 1 is 0.733 bits per heavy atom. The van der Waals surface area contributed by atoms with E-state index in [1.54, 1.807) is 26.6 Å². The molecule has 3 aromatic heterocycles. The zero-order valence-corrected chi connectivity index (χ0v) is 16.8. The van der Waals surface area contributed by atoms with Gasteiger partial charge in [0, 0.05) is 42.0 Å². The van der Waals surface area contributed by atoms with E-state index in [0.717, 1.165) is 27.8 Å². The first kappa shape index (κ1) is 19.4. The molecule has 4 aromatic rings. The summed E-state index contributed by atoms with van der Waals surface area (Å²) in [6.07, 6.45) is 3.40. The summed E-state index contributed by atoms with van der Waals surface area (Å²) in [5.41, 5.74) is 2.71. The molecule has 0 aliphatic carbocycles. The molecule has 0 atom stereocenters. The number of methoxy groups -OCH3 is 2. The average Bonchev–Trinajstić information content (AvgIpc) is 2.81. The van der Waals surface area contributed by atoms with Crippen LogP contribution < -0.4 is 20.1 Å². The second-order valence-electron chi connectivity index (χ2n) is 6.46. The van der Waals surface area contributed by atoms with Gasteiger partial charge in [0.1, 0.15) is 5.82 Å². The Morgan fingerprint density at radius 2 is 1.37 bits per heavy atom. The molecule has 3 heterocycles. The fourth-order valence-electron chi connectivity index (χ4n) is 3.13. The zero-order valence-electron chi connectivity index (χ0n) is 16.8. The fourth-order valence-corrected chi connectivity index (χ4v) is 3.13. The highest BCUT2D eigenvalue weighted by molar-refractivity contribution is 5.90. The monoisotopic (exact) mass is 402 g/mol. The Kier molecular flexibility index (Phi) is 5.84. The molecule has 0 amide bonds. The minimum absolute atomic E-state index is 0.491. The number of pyridine rings is 2. The number of rotatable bonds is 8. The van der Waals surface area contributed by atoms with Gasteiger partial charge in [-0.25, -0.2) is 15.0 Å². The number of nitrogens with one attached hydrogen (secondary N) is 2. The van der Waals surface area contributed by atoms with E-state index < -0.39 is 0 Å². The van der Waals surface area contributed by atoms with E-state index in [9.17, 15) is 0 Å². The number of para-hydroxylation sites is 1. The molecule has 0 saturated heterocycles. The molecule has 0 aliphatic heterocycles. The predicted molar refractivity (Wildman–Crippen MR) is 116 cm³/mol. The number of hydrogen-bond acceptors (Lipinski definition) is 8. The molecule has 8 nitrogen and oxygen atoms in total. The van der Waals surface area contributed by atoms with Crippen molar-refractivity contribution < 1.29 is 9.47 Å². The summed E-state index contributed by atoms with van der Waals surface area (Å²) in [7, 11) is 3.22. The standard InChI is InChI=1S/C22H22N6O2/c1-29-20-15(7-5-11-23-20)13-25-19-17-9-3-4-10-18(17)27-22(28-19)26-14-16-8-6-12-24-21(16)30-2/h3-12H,13-14H2,1-2H3,(H2,25,26,27,28). The summed E-state index contributed by atoms with van der Waals surface area (Å²) in [5, 5.41) is 7.60. The molecule has 4 rings (SSSR count). The van der Waals surface area contributed by atoms with E-state index in [0.29, 0.717) is 30.8 Å². The van der Waals surface area contributed by atoms with E-state index in [1.165, 1.54) is 0 Å². The molecular formula is C22H22N6O2. The number of aromatic nitrogens is 4. The quantitative estimate of drug-likeness (QED) is 0.461. The summed E-state index contributed by atoms with van der Waals surface area (Å²) >= 11 is 0. The molecule has 8 heteroatoms. The van der Waals surface area contributed by atoms with Crippen molar-refractivity contribution in [3.63, 3.8) is 0 Å². The van der Waals surface area contributed by atoms with E-state index in [1.807, 2.05) is 48.5 Å². The van der Waals surface area contributed by atoms with E-state index >= 15 is 0 Å². The molecule has 0 saturated carbocycles. The van der Waals surface area contributed by atoms with Crippen molar-refractivity contribution in [1.82, 2.24) is 19.9 Å². The summed E-state index contributed by atoms with van der Waals surface area (Å²) in [5.74, 6) is 2.41. The van der Waals surface area contributed by atoms with Crippen LogP contribution in [0.5, 0.6) is 11.8 Å². The summed E-state index contributed by atoms with van der Waals surface area (Å²) in [6.45, 7) is 1.01. The van der Waals surface area contributed by atoms with Crippen LogP contribution in [0.15, 0.2) is 60.9 Å². The van der Waals surface area contributed by atoms with Gasteiger partial charge in [-0.3, -0.25) is 0 Å². The lowest BCUT2D eigenvalue weighted by Crippen LogP contribution is -2.09. The van der Waals surface area contributed by atoms with Gasteiger partial charge in [0.2, 0.25) is 17.7 Å². The summed E-state index contributed by atoms with van der Waals surface area (Å²) in [6, 6.07) is 15.5. The largest absolute Gasteiger partial charge is 0.481 e. The Labute approximate surface area is 174 Å². The first-order valence-corrected chi connectivity index (χ1v) is 9.49. The highest BCUT2D eigenvalue weighted by Crippen LogP contribution is 2.24. The third-order valence-electron chi connectivity index (χ3n) is 4.57. The van der Waals surface area contributed by atoms with Crippen LogP contribution in [0.1, 0.15) is 11.1 Å². The van der Waals surface area contributed by atoms with Crippen LogP contribution in [0.3, 0.4) is 0 Å². The smallest absolute Gasteiger partial charge is 0.225 e. The van der Waals surface area contributed by atoms with Gasteiger partial charge in [-0.2, -0.15) is 4.98 Å². The molecule has 2 N–H and O–H groups in total. The third-order valence-corrected chi connectivity index (χ3v) is 4.57. The predicted octanol–water partition coefficient (Wildman–Crippen LogP) is 3.66. The first-order valence-electron chi connectivity index (χ1n) is 9.49. The molecule has 0 aliphatic rings. The van der Waals surface area contributed by atoms with Crippen LogP contribution >= 0.6 is 0 Å². The number of anilines is 2. The normalized spacial score (nSPS) is 10.6. The van der Waals surface area contributed by atoms with Crippen LogP contribution in [0.25, 0.3) is 10.9 Å². The lowest BCUT2D eigenvalue weighted by atomic mass is 10.2. The third kappa shape index (κ3) is 4.22. The van der Waals surface area contributed by atoms with E-state index in [2.05, 4.69) is 30.6 Å². The number of nitrogens with zero attached hydrogens (tertiary/aromatic N) is 4. The van der Waals surface area contributed by atoms with Gasteiger partial charge in [-0.05, 0) is 24.3 Å². The molecule has 1 aromatic carbocycles. The average molecular weight is 402 g/mol. The second-order valence-corrected chi connectivity index (χ2v) is 6.46. The molecular weight excluding hydrogens is 380 g/mol. The topological polar surface area (TPSA) is 94.1 Å². The molecule has 0 unspecified atom stereocenters. The van der Waals surface area contributed by atoms with Gasteiger partial charge in [0.15, 0.2) is 0 Å². The minimum atomic E-state index is 0.491. The van der Waals surface area contributed by atoms with Gasteiger partial charge >= 0.3 is 0 Å².